The molecule has 1 unspecified atom stereocenters. The molecular formula is C12H13NO2. The van der Waals surface area contributed by atoms with Crippen molar-refractivity contribution in [1.82, 2.24) is 5.48 Å². The van der Waals surface area contributed by atoms with Gasteiger partial charge < -0.3 is 4.84 Å². The van der Waals surface area contributed by atoms with E-state index in [9.17, 15) is 4.79 Å². The second-order valence-corrected chi connectivity index (χ2v) is 3.47. The zero-order valence-corrected chi connectivity index (χ0v) is 8.57. The highest BCUT2D eigenvalue weighted by Crippen LogP contribution is 2.28. The first kappa shape index (κ1) is 9.93. The molecule has 1 aromatic carbocycles. The largest absolute Gasteiger partial charge is 0.415 e. The van der Waals surface area contributed by atoms with E-state index in [-0.39, 0.29) is 5.78 Å². The third kappa shape index (κ3) is 1.55. The van der Waals surface area contributed by atoms with E-state index in [1.807, 2.05) is 37.3 Å². The molecule has 78 valence electrons. The average molecular weight is 203 g/mol. The van der Waals surface area contributed by atoms with Crippen molar-refractivity contribution in [2.24, 2.45) is 0 Å². The van der Waals surface area contributed by atoms with Crippen LogP contribution in [0.25, 0.3) is 0 Å². The van der Waals surface area contributed by atoms with E-state index in [4.69, 9.17) is 4.84 Å². The molecule has 1 N–H and O–H groups in total. The number of carbonyl (C=O) groups is 1. The molecule has 3 nitrogen and oxygen atoms in total. The molecule has 15 heavy (non-hydrogen) atoms. The van der Waals surface area contributed by atoms with Crippen molar-refractivity contribution in [2.45, 2.75) is 18.9 Å². The summed E-state index contributed by atoms with van der Waals surface area (Å²) in [4.78, 5) is 16.9. The number of hydrogen-bond acceptors (Lipinski definition) is 3. The normalized spacial score (nSPS) is 23.8. The number of Topliss-reactive ketones (excluding diaryl/α,β-unsaturated/α-hetero) is 1. The van der Waals surface area contributed by atoms with Crippen molar-refractivity contribution < 1.29 is 9.63 Å². The minimum atomic E-state index is -0.796. The topological polar surface area (TPSA) is 38.3 Å². The van der Waals surface area contributed by atoms with Gasteiger partial charge in [0.15, 0.2) is 11.3 Å². The van der Waals surface area contributed by atoms with Gasteiger partial charge >= 0.3 is 0 Å². The molecule has 0 amide bonds. The molecule has 1 aliphatic rings. The van der Waals surface area contributed by atoms with Crippen LogP contribution in [-0.4, -0.2) is 5.78 Å². The van der Waals surface area contributed by atoms with E-state index in [0.29, 0.717) is 6.42 Å². The third-order valence-corrected chi connectivity index (χ3v) is 2.60. The lowest BCUT2D eigenvalue weighted by Gasteiger charge is -2.24. The summed E-state index contributed by atoms with van der Waals surface area (Å²) < 4.78 is 0. The van der Waals surface area contributed by atoms with E-state index in [1.54, 1.807) is 6.08 Å². The minimum Gasteiger partial charge on any atom is -0.415 e. The Morgan fingerprint density at radius 1 is 1.40 bits per heavy atom. The lowest BCUT2D eigenvalue weighted by Crippen LogP contribution is -2.43. The van der Waals surface area contributed by atoms with E-state index < -0.39 is 5.54 Å². The first-order chi connectivity index (χ1) is 7.29. The Morgan fingerprint density at radius 3 is 2.67 bits per heavy atom. The Bertz CT molecular complexity index is 386. The third-order valence-electron chi connectivity index (χ3n) is 2.60. The fourth-order valence-corrected chi connectivity index (χ4v) is 1.74. The van der Waals surface area contributed by atoms with Crippen LogP contribution in [0.1, 0.15) is 18.9 Å². The molecule has 1 atom stereocenters. The average Bonchev–Trinajstić information content (AvgIpc) is 2.79. The van der Waals surface area contributed by atoms with Crippen molar-refractivity contribution >= 4 is 5.78 Å². The highest BCUT2D eigenvalue weighted by Gasteiger charge is 2.39. The predicted octanol–water partition coefficient (Wildman–Crippen LogP) is 1.91. The van der Waals surface area contributed by atoms with Gasteiger partial charge in [-0.1, -0.05) is 37.3 Å². The zero-order chi connectivity index (χ0) is 10.7. The summed E-state index contributed by atoms with van der Waals surface area (Å²) in [7, 11) is 0. The molecule has 0 spiro atoms. The molecular weight excluding hydrogens is 190 g/mol. The van der Waals surface area contributed by atoms with Gasteiger partial charge in [-0.05, 0) is 11.6 Å². The molecule has 0 radical (unpaired) electrons. The molecule has 0 saturated carbocycles. The van der Waals surface area contributed by atoms with Crippen molar-refractivity contribution in [2.75, 3.05) is 0 Å². The van der Waals surface area contributed by atoms with Crippen LogP contribution in [0.3, 0.4) is 0 Å². The maximum absolute atomic E-state index is 11.9. The number of rotatable bonds is 3. The lowest BCUT2D eigenvalue weighted by molar-refractivity contribution is -0.126. The molecule has 0 aromatic heterocycles. The van der Waals surface area contributed by atoms with Gasteiger partial charge in [-0.25, -0.2) is 0 Å². The van der Waals surface area contributed by atoms with Crippen LogP contribution in [0.2, 0.25) is 0 Å². The van der Waals surface area contributed by atoms with Gasteiger partial charge in [0, 0.05) is 6.42 Å². The smallest absolute Gasteiger partial charge is 0.164 e. The summed E-state index contributed by atoms with van der Waals surface area (Å²) in [6.45, 7) is 1.85. The Morgan fingerprint density at radius 2 is 2.13 bits per heavy atom. The summed E-state index contributed by atoms with van der Waals surface area (Å²) in [6.07, 6.45) is 3.74. The SMILES string of the molecule is CCC(=O)C1(c2ccccc2)C=CON1. The Hall–Kier alpha value is -1.61. The molecule has 0 aliphatic carbocycles. The molecule has 0 bridgehead atoms. The standard InChI is InChI=1S/C12H13NO2/c1-2-11(14)12(8-9-15-13-12)10-6-4-3-5-7-10/h3-9,13H,2H2,1H3. The maximum Gasteiger partial charge on any atom is 0.164 e. The maximum atomic E-state index is 11.9. The number of hydroxylamine groups is 1. The number of carbonyl (C=O) groups excluding carboxylic acids is 1. The molecule has 2 rings (SSSR count). The van der Waals surface area contributed by atoms with E-state index in [1.165, 1.54) is 6.26 Å². The van der Waals surface area contributed by atoms with E-state index in [0.717, 1.165) is 5.56 Å². The fraction of sp³-hybridized carbons (Fsp3) is 0.250. The fourth-order valence-electron chi connectivity index (χ4n) is 1.74. The molecule has 1 aliphatic heterocycles. The number of benzene rings is 1. The Labute approximate surface area is 88.7 Å². The van der Waals surface area contributed by atoms with Gasteiger partial charge in [0.05, 0.1) is 0 Å². The summed E-state index contributed by atoms with van der Waals surface area (Å²) >= 11 is 0. The van der Waals surface area contributed by atoms with Crippen LogP contribution in [0, 0.1) is 0 Å². The number of nitrogens with one attached hydrogen (secondary N) is 1. The number of ketones is 1. The summed E-state index contributed by atoms with van der Waals surface area (Å²) in [5.74, 6) is 0.0995. The second kappa shape index (κ2) is 3.87. The highest BCUT2D eigenvalue weighted by atomic mass is 16.6. The first-order valence-electron chi connectivity index (χ1n) is 4.99. The van der Waals surface area contributed by atoms with Crippen LogP contribution in [-0.2, 0) is 15.2 Å². The van der Waals surface area contributed by atoms with E-state index >= 15 is 0 Å². The predicted molar refractivity (Wildman–Crippen MR) is 56.8 cm³/mol. The molecule has 1 heterocycles. The minimum absolute atomic E-state index is 0.0995. The number of hydrogen-bond donors (Lipinski definition) is 1. The van der Waals surface area contributed by atoms with Gasteiger partial charge in [-0.2, -0.15) is 0 Å². The van der Waals surface area contributed by atoms with Gasteiger partial charge in [0.1, 0.15) is 6.26 Å². The summed E-state index contributed by atoms with van der Waals surface area (Å²) in [6, 6.07) is 9.58. The molecule has 0 saturated heterocycles. The van der Waals surface area contributed by atoms with Crippen LogP contribution < -0.4 is 5.48 Å². The van der Waals surface area contributed by atoms with Crippen LogP contribution in [0.4, 0.5) is 0 Å². The first-order valence-corrected chi connectivity index (χ1v) is 4.99. The lowest BCUT2D eigenvalue weighted by atomic mass is 9.86. The van der Waals surface area contributed by atoms with Gasteiger partial charge in [0.25, 0.3) is 0 Å². The van der Waals surface area contributed by atoms with Crippen LogP contribution in [0.5, 0.6) is 0 Å². The summed E-state index contributed by atoms with van der Waals surface area (Å²) in [5, 5.41) is 0. The summed E-state index contributed by atoms with van der Waals surface area (Å²) in [5.41, 5.74) is 2.89. The van der Waals surface area contributed by atoms with Crippen molar-refractivity contribution in [1.29, 1.82) is 0 Å². The van der Waals surface area contributed by atoms with Gasteiger partial charge in [0.2, 0.25) is 0 Å². The van der Waals surface area contributed by atoms with E-state index in [2.05, 4.69) is 5.48 Å². The van der Waals surface area contributed by atoms with Gasteiger partial charge in [-0.3, -0.25) is 4.79 Å². The Kier molecular flexibility index (Phi) is 2.56. The zero-order valence-electron chi connectivity index (χ0n) is 8.57. The quantitative estimate of drug-likeness (QED) is 0.815. The second-order valence-electron chi connectivity index (χ2n) is 3.47. The van der Waals surface area contributed by atoms with Crippen molar-refractivity contribution in [3.05, 3.63) is 48.2 Å². The van der Waals surface area contributed by atoms with Crippen molar-refractivity contribution in [3.8, 4) is 0 Å². The highest BCUT2D eigenvalue weighted by molar-refractivity contribution is 5.91. The Balaban J connectivity index is 2.44. The van der Waals surface area contributed by atoms with Crippen molar-refractivity contribution in [3.63, 3.8) is 0 Å². The molecule has 1 aromatic rings. The van der Waals surface area contributed by atoms with Crippen LogP contribution in [0.15, 0.2) is 42.7 Å². The molecule has 0 fully saturated rings. The van der Waals surface area contributed by atoms with Gasteiger partial charge in [-0.15, -0.1) is 5.48 Å². The molecule has 3 heteroatoms. The van der Waals surface area contributed by atoms with Crippen LogP contribution >= 0.6 is 0 Å². The monoisotopic (exact) mass is 203 g/mol.